The molecule has 7 heteroatoms. The SMILES string of the molecule is O=C(O)/C=C\c1cc([N+](=O)[O-])ccc1Sc1ccc(Cl)cc1. The van der Waals surface area contributed by atoms with E-state index in [-0.39, 0.29) is 5.69 Å². The highest BCUT2D eigenvalue weighted by atomic mass is 35.5. The molecule has 5 nitrogen and oxygen atoms in total. The van der Waals surface area contributed by atoms with Crippen molar-refractivity contribution in [2.75, 3.05) is 0 Å². The predicted octanol–water partition coefficient (Wildman–Crippen LogP) is 4.50. The number of aliphatic carboxylic acids is 1. The first-order valence-corrected chi connectivity index (χ1v) is 7.28. The molecule has 0 bridgehead atoms. The van der Waals surface area contributed by atoms with Crippen molar-refractivity contribution < 1.29 is 14.8 Å². The Bertz CT molecular complexity index is 744. The predicted molar refractivity (Wildman–Crippen MR) is 85.3 cm³/mol. The van der Waals surface area contributed by atoms with Gasteiger partial charge in [0.05, 0.1) is 4.92 Å². The van der Waals surface area contributed by atoms with Crippen molar-refractivity contribution in [2.45, 2.75) is 9.79 Å². The van der Waals surface area contributed by atoms with Crippen LogP contribution in [-0.2, 0) is 4.79 Å². The van der Waals surface area contributed by atoms with Crippen molar-refractivity contribution >= 4 is 41.1 Å². The zero-order chi connectivity index (χ0) is 16.1. The van der Waals surface area contributed by atoms with Gasteiger partial charge >= 0.3 is 5.97 Å². The van der Waals surface area contributed by atoms with Gasteiger partial charge in [-0.3, -0.25) is 10.1 Å². The second-order valence-electron chi connectivity index (χ2n) is 4.21. The molecule has 2 aromatic carbocycles. The summed E-state index contributed by atoms with van der Waals surface area (Å²) in [5, 5.41) is 20.2. The molecule has 2 rings (SSSR count). The molecular weight excluding hydrogens is 326 g/mol. The standard InChI is InChI=1S/C15H10ClNO4S/c16-11-2-5-13(6-3-11)22-14-7-4-12(17(20)21)9-10(14)1-8-15(18)19/h1-9H,(H,18,19)/b8-1-. The Labute approximate surface area is 135 Å². The molecule has 0 saturated carbocycles. The summed E-state index contributed by atoms with van der Waals surface area (Å²) in [6.07, 6.45) is 2.29. The van der Waals surface area contributed by atoms with Crippen LogP contribution in [0.2, 0.25) is 5.02 Å². The summed E-state index contributed by atoms with van der Waals surface area (Å²) in [7, 11) is 0. The minimum Gasteiger partial charge on any atom is -0.478 e. The Hall–Kier alpha value is -2.31. The van der Waals surface area contributed by atoms with Crippen LogP contribution in [0.25, 0.3) is 6.08 Å². The van der Waals surface area contributed by atoms with Crippen molar-refractivity contribution in [1.82, 2.24) is 0 Å². The van der Waals surface area contributed by atoms with Gasteiger partial charge in [-0.15, -0.1) is 0 Å². The molecular formula is C15H10ClNO4S. The third-order valence-electron chi connectivity index (χ3n) is 2.65. The van der Waals surface area contributed by atoms with Crippen molar-refractivity contribution in [1.29, 1.82) is 0 Å². The molecule has 0 spiro atoms. The molecule has 0 radical (unpaired) electrons. The number of hydrogen-bond donors (Lipinski definition) is 1. The molecule has 0 unspecified atom stereocenters. The highest BCUT2D eigenvalue weighted by Gasteiger charge is 2.10. The summed E-state index contributed by atoms with van der Waals surface area (Å²) in [5.74, 6) is -1.12. The van der Waals surface area contributed by atoms with Gasteiger partial charge in [0.15, 0.2) is 0 Å². The van der Waals surface area contributed by atoms with Gasteiger partial charge in [-0.05, 0) is 42.0 Å². The smallest absolute Gasteiger partial charge is 0.328 e. The summed E-state index contributed by atoms with van der Waals surface area (Å²) >= 11 is 7.20. The number of nitro benzene ring substituents is 1. The molecule has 0 aliphatic rings. The van der Waals surface area contributed by atoms with E-state index in [1.54, 1.807) is 18.2 Å². The van der Waals surface area contributed by atoms with E-state index in [9.17, 15) is 14.9 Å². The Morgan fingerprint density at radius 3 is 2.50 bits per heavy atom. The molecule has 0 aromatic heterocycles. The number of rotatable bonds is 5. The normalized spacial score (nSPS) is 10.8. The van der Waals surface area contributed by atoms with Gasteiger partial charge in [-0.2, -0.15) is 0 Å². The van der Waals surface area contributed by atoms with E-state index in [0.717, 1.165) is 11.0 Å². The summed E-state index contributed by atoms with van der Waals surface area (Å²) in [6, 6.07) is 11.4. The average Bonchev–Trinajstić information content (AvgIpc) is 2.48. The molecule has 0 atom stereocenters. The lowest BCUT2D eigenvalue weighted by Gasteiger charge is -2.06. The van der Waals surface area contributed by atoms with Gasteiger partial charge in [0.2, 0.25) is 0 Å². The summed E-state index contributed by atoms with van der Waals surface area (Å²) in [4.78, 5) is 22.6. The van der Waals surface area contributed by atoms with Gasteiger partial charge in [-0.1, -0.05) is 23.4 Å². The zero-order valence-corrected chi connectivity index (χ0v) is 12.7. The Morgan fingerprint density at radius 1 is 1.23 bits per heavy atom. The molecule has 0 fully saturated rings. The van der Waals surface area contributed by atoms with E-state index in [1.165, 1.54) is 30.0 Å². The lowest BCUT2D eigenvalue weighted by Crippen LogP contribution is -1.91. The Morgan fingerprint density at radius 2 is 1.91 bits per heavy atom. The first kappa shape index (κ1) is 16.1. The first-order valence-electron chi connectivity index (χ1n) is 6.08. The van der Waals surface area contributed by atoms with Crippen LogP contribution < -0.4 is 0 Å². The summed E-state index contributed by atoms with van der Waals surface area (Å²) < 4.78 is 0. The van der Waals surface area contributed by atoms with Crippen LogP contribution in [0.4, 0.5) is 5.69 Å². The van der Waals surface area contributed by atoms with Gasteiger partial charge in [-0.25, -0.2) is 4.79 Å². The van der Waals surface area contributed by atoms with Crippen LogP contribution >= 0.6 is 23.4 Å². The number of carboxylic acids is 1. The number of hydrogen-bond acceptors (Lipinski definition) is 4. The monoisotopic (exact) mass is 335 g/mol. The highest BCUT2D eigenvalue weighted by Crippen LogP contribution is 2.33. The van der Waals surface area contributed by atoms with E-state index < -0.39 is 10.9 Å². The fourth-order valence-electron chi connectivity index (χ4n) is 1.66. The number of nitrogens with zero attached hydrogens (tertiary/aromatic N) is 1. The van der Waals surface area contributed by atoms with Gasteiger partial charge in [0.25, 0.3) is 5.69 Å². The Balaban J connectivity index is 2.38. The third kappa shape index (κ3) is 4.34. The molecule has 0 aliphatic heterocycles. The van der Waals surface area contributed by atoms with Crippen molar-refractivity contribution in [3.05, 3.63) is 69.2 Å². The molecule has 0 heterocycles. The number of halogens is 1. The third-order valence-corrected chi connectivity index (χ3v) is 4.00. The Kier molecular flexibility index (Phi) is 5.19. The van der Waals surface area contributed by atoms with Gasteiger partial charge in [0.1, 0.15) is 0 Å². The second kappa shape index (κ2) is 7.11. The molecule has 1 N–H and O–H groups in total. The van der Waals surface area contributed by atoms with E-state index in [2.05, 4.69) is 0 Å². The van der Waals surface area contributed by atoms with Crippen molar-refractivity contribution in [2.24, 2.45) is 0 Å². The number of nitro groups is 1. The fraction of sp³-hybridized carbons (Fsp3) is 0. The number of carbonyl (C=O) groups is 1. The van der Waals surface area contributed by atoms with E-state index in [1.807, 2.05) is 12.1 Å². The highest BCUT2D eigenvalue weighted by molar-refractivity contribution is 7.99. The molecule has 112 valence electrons. The van der Waals surface area contributed by atoms with Crippen LogP contribution in [0.15, 0.2) is 58.3 Å². The van der Waals surface area contributed by atoms with Crippen LogP contribution in [0.3, 0.4) is 0 Å². The minimum atomic E-state index is -1.12. The maximum absolute atomic E-state index is 10.8. The van der Waals surface area contributed by atoms with Gasteiger partial charge < -0.3 is 5.11 Å². The van der Waals surface area contributed by atoms with Crippen LogP contribution in [-0.4, -0.2) is 16.0 Å². The maximum Gasteiger partial charge on any atom is 0.328 e. The van der Waals surface area contributed by atoms with Crippen molar-refractivity contribution in [3.63, 3.8) is 0 Å². The largest absolute Gasteiger partial charge is 0.478 e. The van der Waals surface area contributed by atoms with Gasteiger partial charge in [0, 0.05) is 33.0 Å². The van der Waals surface area contributed by atoms with Crippen LogP contribution in [0, 0.1) is 10.1 Å². The molecule has 0 amide bonds. The second-order valence-corrected chi connectivity index (χ2v) is 5.76. The molecule has 22 heavy (non-hydrogen) atoms. The fourth-order valence-corrected chi connectivity index (χ4v) is 2.70. The topological polar surface area (TPSA) is 80.4 Å². The molecule has 0 saturated heterocycles. The molecule has 2 aromatic rings. The first-order chi connectivity index (χ1) is 10.5. The number of non-ortho nitro benzene ring substituents is 1. The lowest BCUT2D eigenvalue weighted by atomic mass is 10.2. The zero-order valence-electron chi connectivity index (χ0n) is 11.1. The number of carboxylic acid groups (broad SMARTS) is 1. The van der Waals surface area contributed by atoms with Crippen LogP contribution in [0.5, 0.6) is 0 Å². The van der Waals surface area contributed by atoms with E-state index in [4.69, 9.17) is 16.7 Å². The van der Waals surface area contributed by atoms with Crippen molar-refractivity contribution in [3.8, 4) is 0 Å². The number of benzene rings is 2. The van der Waals surface area contributed by atoms with E-state index >= 15 is 0 Å². The maximum atomic E-state index is 10.8. The van der Waals surface area contributed by atoms with Crippen LogP contribution in [0.1, 0.15) is 5.56 Å². The minimum absolute atomic E-state index is 0.0921. The van der Waals surface area contributed by atoms with E-state index in [0.29, 0.717) is 15.5 Å². The molecule has 0 aliphatic carbocycles. The summed E-state index contributed by atoms with van der Waals surface area (Å²) in [6.45, 7) is 0. The average molecular weight is 336 g/mol. The lowest BCUT2D eigenvalue weighted by molar-refractivity contribution is -0.384. The quantitative estimate of drug-likeness (QED) is 0.494. The summed E-state index contributed by atoms with van der Waals surface area (Å²) in [5.41, 5.74) is 0.377.